The van der Waals surface area contributed by atoms with Crippen LogP contribution in [0.5, 0.6) is 0 Å². The molecule has 0 nitrogen and oxygen atoms in total. The second-order valence-corrected chi connectivity index (χ2v) is 6.57. The van der Waals surface area contributed by atoms with Crippen LogP contribution in [0.3, 0.4) is 0 Å². The van der Waals surface area contributed by atoms with Gasteiger partial charge in [-0.25, -0.2) is 0 Å². The van der Waals surface area contributed by atoms with Crippen molar-refractivity contribution in [1.82, 2.24) is 0 Å². The van der Waals surface area contributed by atoms with Crippen molar-refractivity contribution in [2.24, 2.45) is 29.1 Å². The van der Waals surface area contributed by atoms with E-state index >= 15 is 0 Å². The molecule has 2 saturated carbocycles. The topological polar surface area (TPSA) is 0 Å². The lowest BCUT2D eigenvalue weighted by molar-refractivity contribution is -0.0132. The van der Waals surface area contributed by atoms with E-state index in [1.807, 2.05) is 0 Å². The summed E-state index contributed by atoms with van der Waals surface area (Å²) in [6.07, 6.45) is 7.57. The quantitative estimate of drug-likeness (QED) is 0.577. The molecule has 2 aliphatic carbocycles. The highest BCUT2D eigenvalue weighted by molar-refractivity contribution is 4.94. The first kappa shape index (κ1) is 10.5. The van der Waals surface area contributed by atoms with Crippen molar-refractivity contribution >= 4 is 0 Å². The molecule has 82 valence electrons. The molecule has 4 atom stereocenters. The Morgan fingerprint density at radius 1 is 1.14 bits per heavy atom. The molecule has 0 N–H and O–H groups in total. The Kier molecular flexibility index (Phi) is 2.66. The second-order valence-electron chi connectivity index (χ2n) is 6.57. The SMILES string of the molecule is CC1CC2CC[C@](C)(C(C)C)C(C1)C2. The van der Waals surface area contributed by atoms with Gasteiger partial charge in [0.2, 0.25) is 0 Å². The molecular formula is C14H26. The minimum Gasteiger partial charge on any atom is -0.0625 e. The molecule has 0 aromatic carbocycles. The van der Waals surface area contributed by atoms with E-state index in [-0.39, 0.29) is 0 Å². The van der Waals surface area contributed by atoms with E-state index in [2.05, 4.69) is 27.7 Å². The van der Waals surface area contributed by atoms with Crippen LogP contribution in [0.25, 0.3) is 0 Å². The molecular weight excluding hydrogens is 168 g/mol. The Morgan fingerprint density at radius 3 is 2.50 bits per heavy atom. The first-order chi connectivity index (χ1) is 6.52. The first-order valence-electron chi connectivity index (χ1n) is 6.52. The molecule has 0 saturated heterocycles. The lowest BCUT2D eigenvalue weighted by atomic mass is 9.54. The van der Waals surface area contributed by atoms with Gasteiger partial charge in [0, 0.05) is 0 Å². The number of hydrogen-bond donors (Lipinski definition) is 0. The largest absolute Gasteiger partial charge is 0.0625 e. The lowest BCUT2D eigenvalue weighted by Gasteiger charge is -2.51. The van der Waals surface area contributed by atoms with Gasteiger partial charge >= 0.3 is 0 Å². The third-order valence-electron chi connectivity index (χ3n) is 5.38. The number of fused-ring (bicyclic) bond motifs is 2. The van der Waals surface area contributed by atoms with Gasteiger partial charge in [-0.1, -0.05) is 27.7 Å². The maximum atomic E-state index is 2.55. The van der Waals surface area contributed by atoms with Gasteiger partial charge in [0.05, 0.1) is 0 Å². The van der Waals surface area contributed by atoms with Crippen LogP contribution in [-0.2, 0) is 0 Å². The van der Waals surface area contributed by atoms with E-state index < -0.39 is 0 Å². The Bertz CT molecular complexity index is 204. The fourth-order valence-electron chi connectivity index (χ4n) is 4.00. The molecule has 0 spiro atoms. The minimum atomic E-state index is 0.658. The third-order valence-corrected chi connectivity index (χ3v) is 5.38. The first-order valence-corrected chi connectivity index (χ1v) is 6.52. The summed E-state index contributed by atoms with van der Waals surface area (Å²) in [5, 5.41) is 0. The fourth-order valence-corrected chi connectivity index (χ4v) is 4.00. The van der Waals surface area contributed by atoms with Crippen molar-refractivity contribution in [1.29, 1.82) is 0 Å². The van der Waals surface area contributed by atoms with Crippen molar-refractivity contribution in [3.63, 3.8) is 0 Å². The Labute approximate surface area is 89.5 Å². The molecule has 14 heavy (non-hydrogen) atoms. The average Bonchev–Trinajstić information content (AvgIpc) is 2.11. The third kappa shape index (κ3) is 1.61. The van der Waals surface area contributed by atoms with E-state index in [1.165, 1.54) is 25.7 Å². The van der Waals surface area contributed by atoms with Gasteiger partial charge in [-0.3, -0.25) is 0 Å². The molecule has 2 fully saturated rings. The average molecular weight is 194 g/mol. The molecule has 0 aromatic rings. The zero-order chi connectivity index (χ0) is 10.3. The highest BCUT2D eigenvalue weighted by Gasteiger charge is 2.44. The molecule has 0 heteroatoms. The summed E-state index contributed by atoms with van der Waals surface area (Å²) in [5.41, 5.74) is 0.658. The number of hydrogen-bond acceptors (Lipinski definition) is 0. The van der Waals surface area contributed by atoms with Gasteiger partial charge in [-0.05, 0) is 61.2 Å². The molecule has 2 rings (SSSR count). The highest BCUT2D eigenvalue weighted by Crippen LogP contribution is 2.54. The predicted molar refractivity (Wildman–Crippen MR) is 62.2 cm³/mol. The summed E-state index contributed by atoms with van der Waals surface area (Å²) < 4.78 is 0. The van der Waals surface area contributed by atoms with E-state index in [4.69, 9.17) is 0 Å². The number of rotatable bonds is 1. The highest BCUT2D eigenvalue weighted by atomic mass is 14.5. The molecule has 0 heterocycles. The molecule has 2 aliphatic rings. The van der Waals surface area contributed by atoms with E-state index in [1.54, 1.807) is 6.42 Å². The van der Waals surface area contributed by atoms with Gasteiger partial charge < -0.3 is 0 Å². The molecule has 2 bridgehead atoms. The predicted octanol–water partition coefficient (Wildman–Crippen LogP) is 4.49. The summed E-state index contributed by atoms with van der Waals surface area (Å²) in [5.74, 6) is 3.98. The standard InChI is InChI=1S/C14H26/c1-10(2)14(4)6-5-12-7-11(3)8-13(14)9-12/h10-13H,5-9H2,1-4H3/t11?,12?,13?,14-/m1/s1. The summed E-state index contributed by atoms with van der Waals surface area (Å²) in [6, 6.07) is 0. The van der Waals surface area contributed by atoms with Crippen LogP contribution >= 0.6 is 0 Å². The zero-order valence-electron chi connectivity index (χ0n) is 10.3. The summed E-state index contributed by atoms with van der Waals surface area (Å²) in [6.45, 7) is 9.88. The van der Waals surface area contributed by atoms with Crippen LogP contribution in [0, 0.1) is 29.1 Å². The van der Waals surface area contributed by atoms with Crippen LogP contribution in [0.1, 0.15) is 59.8 Å². The second kappa shape index (κ2) is 3.54. The van der Waals surface area contributed by atoms with E-state index in [9.17, 15) is 0 Å². The smallest absolute Gasteiger partial charge is 0.0274 e. The van der Waals surface area contributed by atoms with Crippen molar-refractivity contribution in [2.75, 3.05) is 0 Å². The van der Waals surface area contributed by atoms with Crippen molar-refractivity contribution in [3.05, 3.63) is 0 Å². The van der Waals surface area contributed by atoms with Crippen molar-refractivity contribution in [2.45, 2.75) is 59.8 Å². The van der Waals surface area contributed by atoms with Crippen LogP contribution in [-0.4, -0.2) is 0 Å². The summed E-state index contributed by atoms with van der Waals surface area (Å²) >= 11 is 0. The molecule has 0 aromatic heterocycles. The maximum absolute atomic E-state index is 2.55. The van der Waals surface area contributed by atoms with Crippen molar-refractivity contribution in [3.8, 4) is 0 Å². The molecule has 0 amide bonds. The van der Waals surface area contributed by atoms with Crippen LogP contribution in [0.15, 0.2) is 0 Å². The molecule has 0 radical (unpaired) electrons. The maximum Gasteiger partial charge on any atom is -0.0274 e. The fraction of sp³-hybridized carbons (Fsp3) is 1.00. The van der Waals surface area contributed by atoms with Crippen molar-refractivity contribution < 1.29 is 0 Å². The monoisotopic (exact) mass is 194 g/mol. The van der Waals surface area contributed by atoms with Gasteiger partial charge in [0.1, 0.15) is 0 Å². The van der Waals surface area contributed by atoms with E-state index in [0.717, 1.165) is 23.7 Å². The normalized spacial score (nSPS) is 48.2. The molecule has 0 aliphatic heterocycles. The van der Waals surface area contributed by atoms with Crippen LogP contribution in [0.2, 0.25) is 0 Å². The van der Waals surface area contributed by atoms with Crippen LogP contribution in [0.4, 0.5) is 0 Å². The Hall–Kier alpha value is 0. The summed E-state index contributed by atoms with van der Waals surface area (Å²) in [7, 11) is 0. The summed E-state index contributed by atoms with van der Waals surface area (Å²) in [4.78, 5) is 0. The Morgan fingerprint density at radius 2 is 1.86 bits per heavy atom. The van der Waals surface area contributed by atoms with Gasteiger partial charge in [0.25, 0.3) is 0 Å². The van der Waals surface area contributed by atoms with Gasteiger partial charge in [-0.15, -0.1) is 0 Å². The van der Waals surface area contributed by atoms with E-state index in [0.29, 0.717) is 5.41 Å². The van der Waals surface area contributed by atoms with Crippen LogP contribution < -0.4 is 0 Å². The molecule has 3 unspecified atom stereocenters. The van der Waals surface area contributed by atoms with Gasteiger partial charge in [-0.2, -0.15) is 0 Å². The zero-order valence-corrected chi connectivity index (χ0v) is 10.3. The minimum absolute atomic E-state index is 0.658. The lowest BCUT2D eigenvalue weighted by Crippen LogP contribution is -2.42. The Balaban J connectivity index is 2.14. The van der Waals surface area contributed by atoms with Gasteiger partial charge in [0.15, 0.2) is 0 Å².